The molecule has 3 nitrogen and oxygen atoms in total. The Labute approximate surface area is 97.9 Å². The fraction of sp³-hybridized carbons (Fsp3) is 0.615. The van der Waals surface area contributed by atoms with Gasteiger partial charge in [-0.1, -0.05) is 6.92 Å². The molecule has 1 aromatic heterocycles. The van der Waals surface area contributed by atoms with Crippen molar-refractivity contribution in [2.75, 3.05) is 23.3 Å². The van der Waals surface area contributed by atoms with Gasteiger partial charge in [0.25, 0.3) is 0 Å². The number of rotatable bonds is 6. The third-order valence-corrected chi connectivity index (χ3v) is 2.89. The molecule has 3 heteroatoms. The standard InChI is InChI=1S/C13H21N3/c1-3-9-16(11-5-6-11)12-7-8-15-13(10-12)14-4-2/h7-8,10-11H,3-6,9H2,1-2H3,(H,14,15). The summed E-state index contributed by atoms with van der Waals surface area (Å²) in [6, 6.07) is 5.06. The summed E-state index contributed by atoms with van der Waals surface area (Å²) in [5.41, 5.74) is 1.32. The van der Waals surface area contributed by atoms with Crippen molar-refractivity contribution in [2.45, 2.75) is 39.2 Å². The van der Waals surface area contributed by atoms with Gasteiger partial charge in [-0.2, -0.15) is 0 Å². The average molecular weight is 219 g/mol. The molecule has 1 heterocycles. The zero-order valence-electron chi connectivity index (χ0n) is 10.2. The highest BCUT2D eigenvalue weighted by atomic mass is 15.2. The lowest BCUT2D eigenvalue weighted by Gasteiger charge is -2.24. The van der Waals surface area contributed by atoms with E-state index in [1.165, 1.54) is 24.9 Å². The first-order chi connectivity index (χ1) is 7.85. The molecule has 0 unspecified atom stereocenters. The van der Waals surface area contributed by atoms with E-state index in [-0.39, 0.29) is 0 Å². The summed E-state index contributed by atoms with van der Waals surface area (Å²) in [5.74, 6) is 0.988. The first kappa shape index (κ1) is 11.2. The number of anilines is 2. The first-order valence-corrected chi connectivity index (χ1v) is 6.31. The minimum absolute atomic E-state index is 0.775. The van der Waals surface area contributed by atoms with Crippen LogP contribution in [-0.4, -0.2) is 24.1 Å². The minimum atomic E-state index is 0.775. The van der Waals surface area contributed by atoms with Crippen LogP contribution >= 0.6 is 0 Å². The molecule has 1 saturated carbocycles. The van der Waals surface area contributed by atoms with Crippen molar-refractivity contribution in [1.29, 1.82) is 0 Å². The Morgan fingerprint density at radius 3 is 2.88 bits per heavy atom. The van der Waals surface area contributed by atoms with Crippen LogP contribution in [0.4, 0.5) is 11.5 Å². The number of pyridine rings is 1. The summed E-state index contributed by atoms with van der Waals surface area (Å²) in [7, 11) is 0. The lowest BCUT2D eigenvalue weighted by Crippen LogP contribution is -2.26. The normalized spacial score (nSPS) is 14.9. The van der Waals surface area contributed by atoms with Crippen LogP contribution in [0, 0.1) is 0 Å². The minimum Gasteiger partial charge on any atom is -0.370 e. The molecular formula is C13H21N3. The van der Waals surface area contributed by atoms with E-state index in [1.54, 1.807) is 0 Å². The monoisotopic (exact) mass is 219 g/mol. The van der Waals surface area contributed by atoms with E-state index < -0.39 is 0 Å². The predicted molar refractivity (Wildman–Crippen MR) is 69.1 cm³/mol. The van der Waals surface area contributed by atoms with Crippen molar-refractivity contribution in [2.24, 2.45) is 0 Å². The van der Waals surface area contributed by atoms with Gasteiger partial charge >= 0.3 is 0 Å². The molecule has 0 amide bonds. The molecule has 0 bridgehead atoms. The Hall–Kier alpha value is -1.25. The van der Waals surface area contributed by atoms with Crippen molar-refractivity contribution in [3.05, 3.63) is 18.3 Å². The molecule has 0 aromatic carbocycles. The zero-order chi connectivity index (χ0) is 11.4. The van der Waals surface area contributed by atoms with Gasteiger partial charge in [-0.15, -0.1) is 0 Å². The van der Waals surface area contributed by atoms with Crippen LogP contribution in [0.15, 0.2) is 18.3 Å². The zero-order valence-corrected chi connectivity index (χ0v) is 10.2. The van der Waals surface area contributed by atoms with Crippen LogP contribution in [0.1, 0.15) is 33.1 Å². The van der Waals surface area contributed by atoms with E-state index in [9.17, 15) is 0 Å². The van der Waals surface area contributed by atoms with Crippen LogP contribution in [0.3, 0.4) is 0 Å². The first-order valence-electron chi connectivity index (χ1n) is 6.31. The third kappa shape index (κ3) is 2.65. The Morgan fingerprint density at radius 2 is 2.25 bits per heavy atom. The van der Waals surface area contributed by atoms with Crippen molar-refractivity contribution in [3.63, 3.8) is 0 Å². The van der Waals surface area contributed by atoms with Gasteiger partial charge in [0.15, 0.2) is 0 Å². The molecule has 16 heavy (non-hydrogen) atoms. The maximum atomic E-state index is 4.31. The molecule has 1 aromatic rings. The number of hydrogen-bond donors (Lipinski definition) is 1. The number of hydrogen-bond acceptors (Lipinski definition) is 3. The summed E-state index contributed by atoms with van der Waals surface area (Å²) >= 11 is 0. The van der Waals surface area contributed by atoms with Gasteiger partial charge in [-0.05, 0) is 32.3 Å². The fourth-order valence-corrected chi connectivity index (χ4v) is 2.03. The topological polar surface area (TPSA) is 28.2 Å². The van der Waals surface area contributed by atoms with Crippen LogP contribution < -0.4 is 10.2 Å². The summed E-state index contributed by atoms with van der Waals surface area (Å²) in [6.45, 7) is 6.41. The largest absolute Gasteiger partial charge is 0.370 e. The van der Waals surface area contributed by atoms with E-state index in [4.69, 9.17) is 0 Å². The molecule has 0 saturated heterocycles. The van der Waals surface area contributed by atoms with Crippen LogP contribution in [0.25, 0.3) is 0 Å². The highest BCUT2D eigenvalue weighted by Crippen LogP contribution is 2.32. The summed E-state index contributed by atoms with van der Waals surface area (Å²) in [4.78, 5) is 6.83. The summed E-state index contributed by atoms with van der Waals surface area (Å²) in [5, 5.41) is 3.27. The van der Waals surface area contributed by atoms with Gasteiger partial charge in [0.1, 0.15) is 5.82 Å². The Bertz CT molecular complexity index is 334. The molecule has 0 atom stereocenters. The molecule has 0 aliphatic heterocycles. The van der Waals surface area contributed by atoms with E-state index in [2.05, 4.69) is 41.2 Å². The molecule has 1 aliphatic carbocycles. The maximum Gasteiger partial charge on any atom is 0.127 e. The van der Waals surface area contributed by atoms with E-state index in [0.717, 1.165) is 24.9 Å². The number of nitrogens with one attached hydrogen (secondary N) is 1. The van der Waals surface area contributed by atoms with Crippen molar-refractivity contribution >= 4 is 11.5 Å². The third-order valence-electron chi connectivity index (χ3n) is 2.89. The van der Waals surface area contributed by atoms with E-state index in [1.807, 2.05) is 6.20 Å². The Kier molecular flexibility index (Phi) is 3.65. The number of aromatic nitrogens is 1. The van der Waals surface area contributed by atoms with Crippen molar-refractivity contribution < 1.29 is 0 Å². The second kappa shape index (κ2) is 5.19. The van der Waals surface area contributed by atoms with Gasteiger partial charge in [0.2, 0.25) is 0 Å². The van der Waals surface area contributed by atoms with Gasteiger partial charge < -0.3 is 10.2 Å². The predicted octanol–water partition coefficient (Wildman–Crippen LogP) is 2.89. The molecule has 2 rings (SSSR count). The quantitative estimate of drug-likeness (QED) is 0.797. The van der Waals surface area contributed by atoms with Gasteiger partial charge in [-0.25, -0.2) is 4.98 Å². The maximum absolute atomic E-state index is 4.31. The summed E-state index contributed by atoms with van der Waals surface area (Å²) in [6.07, 6.45) is 5.80. The molecule has 88 valence electrons. The molecule has 1 aliphatic rings. The summed E-state index contributed by atoms with van der Waals surface area (Å²) < 4.78 is 0. The molecule has 0 spiro atoms. The van der Waals surface area contributed by atoms with Crippen LogP contribution in [0.2, 0.25) is 0 Å². The van der Waals surface area contributed by atoms with E-state index in [0.29, 0.717) is 0 Å². The molecular weight excluding hydrogens is 198 g/mol. The van der Waals surface area contributed by atoms with Crippen molar-refractivity contribution in [1.82, 2.24) is 4.98 Å². The lowest BCUT2D eigenvalue weighted by molar-refractivity contribution is 0.762. The second-order valence-corrected chi connectivity index (χ2v) is 4.35. The van der Waals surface area contributed by atoms with Gasteiger partial charge in [0, 0.05) is 37.1 Å². The molecule has 1 N–H and O–H groups in total. The highest BCUT2D eigenvalue weighted by Gasteiger charge is 2.28. The van der Waals surface area contributed by atoms with Crippen LogP contribution in [-0.2, 0) is 0 Å². The Balaban J connectivity index is 2.12. The second-order valence-electron chi connectivity index (χ2n) is 4.35. The van der Waals surface area contributed by atoms with Crippen LogP contribution in [0.5, 0.6) is 0 Å². The van der Waals surface area contributed by atoms with Gasteiger partial charge in [-0.3, -0.25) is 0 Å². The SMILES string of the molecule is CCCN(c1ccnc(NCC)c1)C1CC1. The molecule has 0 radical (unpaired) electrons. The average Bonchev–Trinajstić information content (AvgIpc) is 3.11. The van der Waals surface area contributed by atoms with Gasteiger partial charge in [0.05, 0.1) is 0 Å². The Morgan fingerprint density at radius 1 is 1.44 bits per heavy atom. The van der Waals surface area contributed by atoms with E-state index >= 15 is 0 Å². The number of nitrogens with zero attached hydrogens (tertiary/aromatic N) is 2. The van der Waals surface area contributed by atoms with Crippen molar-refractivity contribution in [3.8, 4) is 0 Å². The molecule has 1 fully saturated rings. The smallest absolute Gasteiger partial charge is 0.127 e. The fourth-order valence-electron chi connectivity index (χ4n) is 2.03. The lowest BCUT2D eigenvalue weighted by atomic mass is 10.3. The highest BCUT2D eigenvalue weighted by molar-refractivity contribution is 5.55.